The van der Waals surface area contributed by atoms with Gasteiger partial charge in [-0.25, -0.2) is 0 Å². The summed E-state index contributed by atoms with van der Waals surface area (Å²) >= 11 is 0. The first kappa shape index (κ1) is 20.0. The Balaban J connectivity index is 1.57. The van der Waals surface area contributed by atoms with Crippen molar-refractivity contribution in [3.63, 3.8) is 0 Å². The van der Waals surface area contributed by atoms with E-state index >= 15 is 0 Å². The molecule has 0 atom stereocenters. The van der Waals surface area contributed by atoms with Gasteiger partial charge in [-0.2, -0.15) is 0 Å². The molecular formula is C26H42. The maximum atomic E-state index is 2.48. The highest BCUT2D eigenvalue weighted by atomic mass is 14.3. The summed E-state index contributed by atoms with van der Waals surface area (Å²) in [4.78, 5) is 0. The summed E-state index contributed by atoms with van der Waals surface area (Å²) in [7, 11) is 0. The van der Waals surface area contributed by atoms with Crippen LogP contribution in [0.3, 0.4) is 0 Å². The molecule has 0 aromatic heterocycles. The lowest BCUT2D eigenvalue weighted by atomic mass is 9.71. The smallest absolute Gasteiger partial charge is 0.0159 e. The molecule has 0 spiro atoms. The van der Waals surface area contributed by atoms with Crippen LogP contribution in [0, 0.1) is 11.8 Å². The molecule has 0 radical (unpaired) electrons. The quantitative estimate of drug-likeness (QED) is 0.410. The number of rotatable bonds is 8. The van der Waals surface area contributed by atoms with Crippen LogP contribution in [0.1, 0.15) is 127 Å². The summed E-state index contributed by atoms with van der Waals surface area (Å²) in [6, 6.07) is 9.56. The summed E-state index contributed by atoms with van der Waals surface area (Å²) in [5, 5.41) is 0. The second kappa shape index (κ2) is 10.5. The average molecular weight is 355 g/mol. The highest BCUT2D eigenvalue weighted by Gasteiger charge is 2.28. The van der Waals surface area contributed by atoms with E-state index in [1.807, 2.05) is 0 Å². The summed E-state index contributed by atoms with van der Waals surface area (Å²) < 4.78 is 0. The molecule has 1 aromatic rings. The molecule has 0 heterocycles. The van der Waals surface area contributed by atoms with Gasteiger partial charge in [-0.05, 0) is 86.2 Å². The van der Waals surface area contributed by atoms with Crippen LogP contribution in [0.15, 0.2) is 24.3 Å². The number of unbranched alkanes of at least 4 members (excludes halogenated alkanes) is 2. The molecule has 0 heteroatoms. The van der Waals surface area contributed by atoms with Gasteiger partial charge in [0.2, 0.25) is 0 Å². The molecule has 0 N–H and O–H groups in total. The molecule has 0 nitrogen and oxygen atoms in total. The molecule has 1 aromatic carbocycles. The lowest BCUT2D eigenvalue weighted by Gasteiger charge is -2.34. The lowest BCUT2D eigenvalue weighted by molar-refractivity contribution is 0.293. The Morgan fingerprint density at radius 2 is 1.12 bits per heavy atom. The van der Waals surface area contributed by atoms with Crippen LogP contribution in [-0.4, -0.2) is 0 Å². The molecule has 2 fully saturated rings. The zero-order valence-corrected chi connectivity index (χ0v) is 17.5. The number of hydrogen-bond acceptors (Lipinski definition) is 0. The van der Waals surface area contributed by atoms with Crippen molar-refractivity contribution in [1.82, 2.24) is 0 Å². The number of benzene rings is 1. The van der Waals surface area contributed by atoms with Gasteiger partial charge in [0.15, 0.2) is 0 Å². The van der Waals surface area contributed by atoms with Gasteiger partial charge in [-0.1, -0.05) is 76.6 Å². The second-order valence-corrected chi connectivity index (χ2v) is 9.35. The van der Waals surface area contributed by atoms with Gasteiger partial charge in [0.25, 0.3) is 0 Å². The molecular weight excluding hydrogens is 312 g/mol. The lowest BCUT2D eigenvalue weighted by Crippen LogP contribution is -2.18. The van der Waals surface area contributed by atoms with Crippen LogP contribution in [0.4, 0.5) is 0 Å². The van der Waals surface area contributed by atoms with E-state index < -0.39 is 0 Å². The topological polar surface area (TPSA) is 0 Å². The fourth-order valence-corrected chi connectivity index (χ4v) is 5.87. The molecule has 2 aliphatic rings. The Bertz CT molecular complexity index is 501. The Hall–Kier alpha value is -0.780. The summed E-state index contributed by atoms with van der Waals surface area (Å²) in [5.74, 6) is 3.74. The third-order valence-corrected chi connectivity index (χ3v) is 7.48. The molecule has 0 aliphatic heterocycles. The molecule has 2 aliphatic carbocycles. The van der Waals surface area contributed by atoms with Gasteiger partial charge >= 0.3 is 0 Å². The van der Waals surface area contributed by atoms with Crippen molar-refractivity contribution in [3.05, 3.63) is 35.4 Å². The summed E-state index contributed by atoms with van der Waals surface area (Å²) in [6.07, 6.45) is 20.2. The Kier molecular flexibility index (Phi) is 8.08. The third kappa shape index (κ3) is 5.37. The van der Waals surface area contributed by atoms with Crippen LogP contribution >= 0.6 is 0 Å². The van der Waals surface area contributed by atoms with Gasteiger partial charge in [0.1, 0.15) is 0 Å². The molecule has 0 bridgehead atoms. The van der Waals surface area contributed by atoms with Crippen LogP contribution < -0.4 is 0 Å². The molecule has 0 saturated heterocycles. The summed E-state index contributed by atoms with van der Waals surface area (Å²) in [5.41, 5.74) is 3.47. The fourth-order valence-electron chi connectivity index (χ4n) is 5.87. The van der Waals surface area contributed by atoms with E-state index in [-0.39, 0.29) is 0 Å². The van der Waals surface area contributed by atoms with Crippen molar-refractivity contribution < 1.29 is 0 Å². The third-order valence-electron chi connectivity index (χ3n) is 7.48. The first-order valence-corrected chi connectivity index (χ1v) is 11.9. The standard InChI is InChI=1S/C26H42/c1-3-5-6-10-22-15-19-24(20-16-22)26-12-8-7-11-25(26)23-17-13-21(9-4-2)14-18-23/h7-8,11-12,21-24H,3-6,9-10,13-20H2,1-2H3. The molecule has 0 unspecified atom stereocenters. The van der Waals surface area contributed by atoms with E-state index in [0.717, 1.165) is 23.7 Å². The molecule has 2 saturated carbocycles. The van der Waals surface area contributed by atoms with E-state index in [2.05, 4.69) is 38.1 Å². The Morgan fingerprint density at radius 1 is 0.615 bits per heavy atom. The van der Waals surface area contributed by atoms with Crippen LogP contribution in [0.5, 0.6) is 0 Å². The zero-order chi connectivity index (χ0) is 18.2. The molecule has 3 rings (SSSR count). The average Bonchev–Trinajstić information content (AvgIpc) is 2.70. The van der Waals surface area contributed by atoms with Gasteiger partial charge < -0.3 is 0 Å². The van der Waals surface area contributed by atoms with Crippen molar-refractivity contribution in [2.24, 2.45) is 11.8 Å². The molecule has 0 amide bonds. The van der Waals surface area contributed by atoms with Crippen LogP contribution in [0.25, 0.3) is 0 Å². The second-order valence-electron chi connectivity index (χ2n) is 9.35. The van der Waals surface area contributed by atoms with Crippen LogP contribution in [-0.2, 0) is 0 Å². The SMILES string of the molecule is CCCCCC1CCC(c2ccccc2C2CCC(CCC)CC2)CC1. The van der Waals surface area contributed by atoms with Crippen LogP contribution in [0.2, 0.25) is 0 Å². The van der Waals surface area contributed by atoms with E-state index in [0.29, 0.717) is 0 Å². The highest BCUT2D eigenvalue weighted by molar-refractivity contribution is 5.34. The minimum absolute atomic E-state index is 0.849. The minimum Gasteiger partial charge on any atom is -0.0654 e. The van der Waals surface area contributed by atoms with Crippen molar-refractivity contribution >= 4 is 0 Å². The van der Waals surface area contributed by atoms with Crippen molar-refractivity contribution in [2.75, 3.05) is 0 Å². The molecule has 26 heavy (non-hydrogen) atoms. The van der Waals surface area contributed by atoms with Gasteiger partial charge in [0.05, 0.1) is 0 Å². The highest BCUT2D eigenvalue weighted by Crippen LogP contribution is 2.44. The maximum absolute atomic E-state index is 2.48. The van der Waals surface area contributed by atoms with E-state index in [9.17, 15) is 0 Å². The first-order chi connectivity index (χ1) is 12.8. The number of hydrogen-bond donors (Lipinski definition) is 0. The van der Waals surface area contributed by atoms with Gasteiger partial charge in [0, 0.05) is 0 Å². The van der Waals surface area contributed by atoms with Gasteiger partial charge in [-0.15, -0.1) is 0 Å². The first-order valence-electron chi connectivity index (χ1n) is 11.9. The Labute approximate surface area is 163 Å². The van der Waals surface area contributed by atoms with Gasteiger partial charge in [-0.3, -0.25) is 0 Å². The predicted molar refractivity (Wildman–Crippen MR) is 115 cm³/mol. The summed E-state index contributed by atoms with van der Waals surface area (Å²) in [6.45, 7) is 4.67. The normalized spacial score (nSPS) is 29.6. The van der Waals surface area contributed by atoms with Crippen molar-refractivity contribution in [1.29, 1.82) is 0 Å². The monoisotopic (exact) mass is 354 g/mol. The molecule has 146 valence electrons. The zero-order valence-electron chi connectivity index (χ0n) is 17.5. The van der Waals surface area contributed by atoms with E-state index in [4.69, 9.17) is 0 Å². The maximum Gasteiger partial charge on any atom is -0.0159 e. The van der Waals surface area contributed by atoms with E-state index in [1.54, 1.807) is 11.1 Å². The fraction of sp³-hybridized carbons (Fsp3) is 0.769. The van der Waals surface area contributed by atoms with E-state index in [1.165, 1.54) is 89.9 Å². The minimum atomic E-state index is 0.849. The predicted octanol–water partition coefficient (Wildman–Crippen LogP) is 8.61. The largest absolute Gasteiger partial charge is 0.0654 e. The Morgan fingerprint density at radius 3 is 1.58 bits per heavy atom. The van der Waals surface area contributed by atoms with Crippen molar-refractivity contribution in [2.45, 2.75) is 116 Å². The van der Waals surface area contributed by atoms with Crippen molar-refractivity contribution in [3.8, 4) is 0 Å².